The zero-order valence-electron chi connectivity index (χ0n) is 33.4. The van der Waals surface area contributed by atoms with E-state index in [4.69, 9.17) is 37.9 Å². The van der Waals surface area contributed by atoms with Crippen LogP contribution in [0.4, 0.5) is 0 Å². The first-order chi connectivity index (χ1) is 29.7. The van der Waals surface area contributed by atoms with E-state index >= 15 is 0 Å². The van der Waals surface area contributed by atoms with Crippen molar-refractivity contribution >= 4 is 43.1 Å². The largest absolute Gasteiger partial charge is 0.491 e. The molecule has 8 heteroatoms. The number of rotatable bonds is 0. The molecule has 302 valence electrons. The van der Waals surface area contributed by atoms with E-state index in [1.165, 1.54) is 0 Å². The van der Waals surface area contributed by atoms with Gasteiger partial charge in [0, 0.05) is 11.1 Å². The first kappa shape index (κ1) is 38.8. The van der Waals surface area contributed by atoms with E-state index < -0.39 is 0 Å². The fourth-order valence-corrected chi connectivity index (χ4v) is 7.56. The highest BCUT2D eigenvalue weighted by atomic mass is 16.6. The molecule has 9 rings (SSSR count). The average Bonchev–Trinajstić information content (AvgIpc) is 3.28. The normalized spacial score (nSPS) is 15.0. The number of hydrogen-bond donors (Lipinski definition) is 0. The van der Waals surface area contributed by atoms with Crippen LogP contribution in [0.25, 0.3) is 54.2 Å². The van der Waals surface area contributed by atoms with Gasteiger partial charge in [-0.2, -0.15) is 0 Å². The molecular weight excluding hydrogens is 753 g/mol. The Labute approximate surface area is 349 Å². The molecule has 0 spiro atoms. The molecule has 1 aliphatic heterocycles. The van der Waals surface area contributed by atoms with Crippen LogP contribution >= 0.6 is 0 Å². The maximum absolute atomic E-state index is 6.54. The number of ether oxygens (including phenoxy) is 8. The van der Waals surface area contributed by atoms with Crippen molar-refractivity contribution in [3.05, 3.63) is 158 Å². The lowest BCUT2D eigenvalue weighted by molar-refractivity contribution is 0.0755. The SMILES string of the molecule is C=C1COc2cc3ccccc3cc2OCCOCCOc2ccc3ccccc3c2-c2c(ccc3ccccc23)OCCOCCOc2cc3ccccc3cc2OC1. The number of fused-ring (bicyclic) bond motifs is 11. The van der Waals surface area contributed by atoms with Gasteiger partial charge in [0.05, 0.1) is 26.4 Å². The van der Waals surface area contributed by atoms with Crippen molar-refractivity contribution in [1.29, 1.82) is 0 Å². The van der Waals surface area contributed by atoms with Crippen molar-refractivity contribution in [2.24, 2.45) is 0 Å². The Morgan fingerprint density at radius 1 is 0.300 bits per heavy atom. The Morgan fingerprint density at radius 2 is 0.617 bits per heavy atom. The molecule has 0 aliphatic carbocycles. The highest BCUT2D eigenvalue weighted by Gasteiger charge is 2.20. The van der Waals surface area contributed by atoms with Crippen LogP contribution in [0, 0.1) is 0 Å². The molecule has 0 saturated carbocycles. The fraction of sp³-hybridized carbons (Fsp3) is 0.192. The van der Waals surface area contributed by atoms with Crippen LogP contribution in [-0.4, -0.2) is 66.1 Å². The van der Waals surface area contributed by atoms with Gasteiger partial charge in [-0.15, -0.1) is 0 Å². The summed E-state index contributed by atoms with van der Waals surface area (Å²) >= 11 is 0. The number of benzene rings is 8. The molecule has 0 bridgehead atoms. The van der Waals surface area contributed by atoms with Crippen LogP contribution < -0.4 is 28.4 Å². The zero-order chi connectivity index (χ0) is 40.5. The third-order valence-electron chi connectivity index (χ3n) is 10.5. The molecule has 0 saturated heterocycles. The molecule has 0 aromatic heterocycles. The van der Waals surface area contributed by atoms with E-state index in [1.807, 2.05) is 60.7 Å². The van der Waals surface area contributed by atoms with Gasteiger partial charge >= 0.3 is 0 Å². The smallest absolute Gasteiger partial charge is 0.162 e. The summed E-state index contributed by atoms with van der Waals surface area (Å²) in [5, 5.41) is 8.53. The maximum atomic E-state index is 6.54. The van der Waals surface area contributed by atoms with Crippen LogP contribution in [0.1, 0.15) is 0 Å². The third-order valence-corrected chi connectivity index (χ3v) is 10.5. The lowest BCUT2D eigenvalue weighted by atomic mass is 9.92. The van der Waals surface area contributed by atoms with Gasteiger partial charge in [0.2, 0.25) is 0 Å². The molecule has 0 amide bonds. The van der Waals surface area contributed by atoms with E-state index in [2.05, 4.69) is 91.5 Å². The topological polar surface area (TPSA) is 73.8 Å². The van der Waals surface area contributed by atoms with Crippen LogP contribution in [0.5, 0.6) is 34.5 Å². The Kier molecular flexibility index (Phi) is 11.9. The summed E-state index contributed by atoms with van der Waals surface area (Å²) < 4.78 is 50.4. The van der Waals surface area contributed by atoms with Crippen molar-refractivity contribution in [2.75, 3.05) is 66.1 Å². The predicted octanol–water partition coefficient (Wildman–Crippen LogP) is 11.2. The van der Waals surface area contributed by atoms with Gasteiger partial charge < -0.3 is 37.9 Å². The van der Waals surface area contributed by atoms with Crippen LogP contribution in [0.2, 0.25) is 0 Å². The third kappa shape index (κ3) is 8.81. The molecule has 0 fully saturated rings. The molecular formula is C52H46O8. The van der Waals surface area contributed by atoms with E-state index in [9.17, 15) is 0 Å². The first-order valence-corrected chi connectivity index (χ1v) is 20.4. The summed E-state index contributed by atoms with van der Waals surface area (Å²) in [7, 11) is 0. The van der Waals surface area contributed by atoms with Crippen LogP contribution in [0.3, 0.4) is 0 Å². The first-order valence-electron chi connectivity index (χ1n) is 20.4. The summed E-state index contributed by atoms with van der Waals surface area (Å²) in [5.41, 5.74) is 2.69. The van der Waals surface area contributed by atoms with Crippen molar-refractivity contribution < 1.29 is 37.9 Å². The van der Waals surface area contributed by atoms with Crippen molar-refractivity contribution in [2.45, 2.75) is 0 Å². The van der Waals surface area contributed by atoms with Crippen LogP contribution in [0.15, 0.2) is 158 Å². The Balaban J connectivity index is 1.00. The minimum absolute atomic E-state index is 0.235. The summed E-state index contributed by atoms with van der Waals surface area (Å²) in [5.74, 6) is 3.98. The molecule has 0 N–H and O–H groups in total. The monoisotopic (exact) mass is 798 g/mol. The average molecular weight is 799 g/mol. The van der Waals surface area contributed by atoms with Crippen molar-refractivity contribution in [3.63, 3.8) is 0 Å². The molecule has 60 heavy (non-hydrogen) atoms. The standard InChI is InChI=1S/C52H46O8/c1-36-34-59-49-32-41-14-4-2-12-39(41)30-47(49)57-28-24-53-22-26-55-45-20-18-37-10-6-8-16-43(37)51(45)52-44-17-9-7-11-38(44)19-21-46(52)56-27-23-54-25-29-58-48-31-40-13-3-5-15-42(40)33-50(48)60-35-36/h2-21,30-33H,1,22-29,34-35H2. The summed E-state index contributed by atoms with van der Waals surface area (Å²) in [6, 6.07) is 49.2. The fourth-order valence-electron chi connectivity index (χ4n) is 7.56. The quantitative estimate of drug-likeness (QED) is 0.140. The Hall–Kier alpha value is -6.74. The van der Waals surface area contributed by atoms with E-state index in [0.717, 1.165) is 71.3 Å². The van der Waals surface area contributed by atoms with E-state index in [-0.39, 0.29) is 13.2 Å². The second-order valence-electron chi connectivity index (χ2n) is 14.6. The molecule has 0 unspecified atom stereocenters. The highest BCUT2D eigenvalue weighted by Crippen LogP contribution is 2.45. The summed E-state index contributed by atoms with van der Waals surface area (Å²) in [6.45, 7) is 7.53. The maximum Gasteiger partial charge on any atom is 0.162 e. The molecule has 0 atom stereocenters. The zero-order valence-corrected chi connectivity index (χ0v) is 33.4. The summed E-state index contributed by atoms with van der Waals surface area (Å²) in [6.07, 6.45) is 0. The molecule has 1 heterocycles. The highest BCUT2D eigenvalue weighted by molar-refractivity contribution is 6.09. The minimum Gasteiger partial charge on any atom is -0.491 e. The second-order valence-corrected chi connectivity index (χ2v) is 14.6. The van der Waals surface area contributed by atoms with Gasteiger partial charge in [-0.05, 0) is 85.1 Å². The Bertz CT molecular complexity index is 2590. The van der Waals surface area contributed by atoms with Gasteiger partial charge in [-0.3, -0.25) is 0 Å². The van der Waals surface area contributed by atoms with E-state index in [1.54, 1.807) is 0 Å². The summed E-state index contributed by atoms with van der Waals surface area (Å²) in [4.78, 5) is 0. The molecule has 8 aromatic rings. The second kappa shape index (κ2) is 18.5. The van der Waals surface area contributed by atoms with Crippen LogP contribution in [-0.2, 0) is 9.47 Å². The lowest BCUT2D eigenvalue weighted by Crippen LogP contribution is -2.13. The molecule has 8 nitrogen and oxygen atoms in total. The van der Waals surface area contributed by atoms with Gasteiger partial charge in [0.15, 0.2) is 23.0 Å². The molecule has 8 aromatic carbocycles. The van der Waals surface area contributed by atoms with Gasteiger partial charge in [-0.1, -0.05) is 116 Å². The number of hydrogen-bond acceptors (Lipinski definition) is 8. The van der Waals surface area contributed by atoms with Crippen molar-refractivity contribution in [1.82, 2.24) is 0 Å². The Morgan fingerprint density at radius 3 is 1.00 bits per heavy atom. The van der Waals surface area contributed by atoms with Gasteiger partial charge in [0.25, 0.3) is 0 Å². The van der Waals surface area contributed by atoms with E-state index in [0.29, 0.717) is 75.9 Å². The van der Waals surface area contributed by atoms with Gasteiger partial charge in [0.1, 0.15) is 51.1 Å². The molecule has 0 radical (unpaired) electrons. The van der Waals surface area contributed by atoms with Crippen molar-refractivity contribution in [3.8, 4) is 45.6 Å². The predicted molar refractivity (Wildman–Crippen MR) is 239 cm³/mol. The van der Waals surface area contributed by atoms with Gasteiger partial charge in [-0.25, -0.2) is 0 Å². The molecule has 1 aliphatic rings. The minimum atomic E-state index is 0.235. The lowest BCUT2D eigenvalue weighted by Gasteiger charge is -2.20.